The molecule has 0 aliphatic heterocycles. The Bertz CT molecular complexity index is 439. The summed E-state index contributed by atoms with van der Waals surface area (Å²) in [5.74, 6) is 1.07. The molecular formula is C15H23NO2. The van der Waals surface area contributed by atoms with Crippen LogP contribution in [0.15, 0.2) is 6.07 Å². The summed E-state index contributed by atoms with van der Waals surface area (Å²) in [6.45, 7) is 8.80. The minimum atomic E-state index is 0.106. The van der Waals surface area contributed by atoms with E-state index in [1.54, 1.807) is 7.11 Å². The first-order valence-corrected chi connectivity index (χ1v) is 6.41. The van der Waals surface area contributed by atoms with Gasteiger partial charge in [0.1, 0.15) is 5.75 Å². The summed E-state index contributed by atoms with van der Waals surface area (Å²) in [6.07, 6.45) is 1.41. The van der Waals surface area contributed by atoms with Crippen molar-refractivity contribution in [1.82, 2.24) is 5.32 Å². The first-order chi connectivity index (χ1) is 8.51. The van der Waals surface area contributed by atoms with Crippen molar-refractivity contribution in [1.29, 1.82) is 0 Å². The fourth-order valence-corrected chi connectivity index (χ4v) is 2.18. The molecule has 1 rings (SSSR count). The topological polar surface area (TPSA) is 38.3 Å². The number of nitrogens with one attached hydrogen (secondary N) is 1. The second-order valence-corrected chi connectivity index (χ2v) is 4.59. The van der Waals surface area contributed by atoms with E-state index in [1.165, 1.54) is 16.7 Å². The summed E-state index contributed by atoms with van der Waals surface area (Å²) >= 11 is 0. The van der Waals surface area contributed by atoms with Crippen molar-refractivity contribution in [2.75, 3.05) is 13.7 Å². The molecule has 0 aliphatic carbocycles. The van der Waals surface area contributed by atoms with Crippen molar-refractivity contribution in [2.45, 2.75) is 40.5 Å². The molecule has 0 heterocycles. The van der Waals surface area contributed by atoms with Gasteiger partial charge in [-0.2, -0.15) is 0 Å². The predicted molar refractivity (Wildman–Crippen MR) is 74.2 cm³/mol. The van der Waals surface area contributed by atoms with Crippen LogP contribution in [0.1, 0.15) is 35.6 Å². The molecule has 0 atom stereocenters. The maximum atomic E-state index is 11.2. The van der Waals surface area contributed by atoms with Crippen molar-refractivity contribution < 1.29 is 9.53 Å². The van der Waals surface area contributed by atoms with E-state index in [0.29, 0.717) is 13.0 Å². The van der Waals surface area contributed by atoms with Gasteiger partial charge >= 0.3 is 0 Å². The summed E-state index contributed by atoms with van der Waals surface area (Å²) in [4.78, 5) is 11.2. The monoisotopic (exact) mass is 249 g/mol. The van der Waals surface area contributed by atoms with E-state index >= 15 is 0 Å². The smallest absolute Gasteiger partial charge is 0.219 e. The third-order valence-electron chi connectivity index (χ3n) is 3.38. The second-order valence-electron chi connectivity index (χ2n) is 4.59. The summed E-state index contributed by atoms with van der Waals surface area (Å²) in [5.41, 5.74) is 4.87. The highest BCUT2D eigenvalue weighted by Gasteiger charge is 2.10. The van der Waals surface area contributed by atoms with Crippen molar-refractivity contribution in [3.63, 3.8) is 0 Å². The zero-order valence-electron chi connectivity index (χ0n) is 12.0. The second kappa shape index (κ2) is 6.43. The molecule has 1 N–H and O–H groups in total. The molecule has 3 heteroatoms. The summed E-state index contributed by atoms with van der Waals surface area (Å²) in [6, 6.07) is 2.15. The number of rotatable bonds is 5. The van der Waals surface area contributed by atoms with Gasteiger partial charge in [-0.15, -0.1) is 0 Å². The minimum Gasteiger partial charge on any atom is -0.496 e. The molecule has 1 amide bonds. The Morgan fingerprint density at radius 3 is 2.50 bits per heavy atom. The Morgan fingerprint density at radius 1 is 1.28 bits per heavy atom. The van der Waals surface area contributed by atoms with Gasteiger partial charge in [-0.25, -0.2) is 0 Å². The van der Waals surface area contributed by atoms with Crippen LogP contribution in [-0.2, 0) is 11.2 Å². The maximum Gasteiger partial charge on any atom is 0.219 e. The van der Waals surface area contributed by atoms with Crippen molar-refractivity contribution >= 4 is 5.91 Å². The number of benzene rings is 1. The largest absolute Gasteiger partial charge is 0.496 e. The number of methoxy groups -OCH3 is 1. The number of hydrogen-bond acceptors (Lipinski definition) is 2. The Hall–Kier alpha value is -1.51. The van der Waals surface area contributed by atoms with Crippen LogP contribution in [-0.4, -0.2) is 19.6 Å². The van der Waals surface area contributed by atoms with Gasteiger partial charge in [0.15, 0.2) is 0 Å². The van der Waals surface area contributed by atoms with E-state index in [-0.39, 0.29) is 5.91 Å². The number of carbonyl (C=O) groups is 1. The molecule has 0 spiro atoms. The standard InChI is InChI=1S/C15H23NO2/c1-6-14(17)16-8-7-13-9-10(2)15(18-5)12(4)11(13)3/h9H,6-8H2,1-5H3,(H,16,17). The lowest BCUT2D eigenvalue weighted by molar-refractivity contribution is -0.120. The molecule has 100 valence electrons. The van der Waals surface area contributed by atoms with Crippen LogP contribution in [0, 0.1) is 20.8 Å². The van der Waals surface area contributed by atoms with Crippen molar-refractivity contribution in [2.24, 2.45) is 0 Å². The molecule has 0 saturated carbocycles. The third kappa shape index (κ3) is 3.25. The van der Waals surface area contributed by atoms with Crippen molar-refractivity contribution in [3.05, 3.63) is 28.3 Å². The molecule has 0 unspecified atom stereocenters. The Balaban J connectivity index is 2.81. The van der Waals surface area contributed by atoms with Gasteiger partial charge in [-0.3, -0.25) is 4.79 Å². The highest BCUT2D eigenvalue weighted by molar-refractivity contribution is 5.75. The average molecular weight is 249 g/mol. The summed E-state index contributed by atoms with van der Waals surface area (Å²) < 4.78 is 5.40. The van der Waals surface area contributed by atoms with Crippen LogP contribution in [0.25, 0.3) is 0 Å². The van der Waals surface area contributed by atoms with E-state index in [9.17, 15) is 4.79 Å². The predicted octanol–water partition coefficient (Wildman–Crippen LogP) is 2.69. The number of aryl methyl sites for hydroxylation is 1. The third-order valence-corrected chi connectivity index (χ3v) is 3.38. The molecule has 0 radical (unpaired) electrons. The van der Waals surface area contributed by atoms with E-state index in [2.05, 4.69) is 32.2 Å². The van der Waals surface area contributed by atoms with Crippen LogP contribution < -0.4 is 10.1 Å². The quantitative estimate of drug-likeness (QED) is 0.871. The van der Waals surface area contributed by atoms with Crippen LogP contribution in [0.3, 0.4) is 0 Å². The zero-order valence-corrected chi connectivity index (χ0v) is 12.0. The lowest BCUT2D eigenvalue weighted by atomic mass is 9.96. The average Bonchev–Trinajstić information content (AvgIpc) is 2.35. The maximum absolute atomic E-state index is 11.2. The van der Waals surface area contributed by atoms with Gasteiger partial charge < -0.3 is 10.1 Å². The van der Waals surface area contributed by atoms with Gasteiger partial charge in [0.05, 0.1) is 7.11 Å². The number of amides is 1. The molecule has 0 bridgehead atoms. The van der Waals surface area contributed by atoms with Crippen LogP contribution in [0.2, 0.25) is 0 Å². The van der Waals surface area contributed by atoms with Gasteiger partial charge in [0.25, 0.3) is 0 Å². The molecule has 18 heavy (non-hydrogen) atoms. The highest BCUT2D eigenvalue weighted by Crippen LogP contribution is 2.28. The first kappa shape index (κ1) is 14.6. The lowest BCUT2D eigenvalue weighted by Crippen LogP contribution is -2.24. The lowest BCUT2D eigenvalue weighted by Gasteiger charge is -2.15. The Labute approximate surface area is 110 Å². The minimum absolute atomic E-state index is 0.106. The zero-order chi connectivity index (χ0) is 13.7. The summed E-state index contributed by atoms with van der Waals surface area (Å²) in [7, 11) is 1.70. The van der Waals surface area contributed by atoms with Crippen LogP contribution >= 0.6 is 0 Å². The van der Waals surface area contributed by atoms with E-state index < -0.39 is 0 Å². The van der Waals surface area contributed by atoms with Gasteiger partial charge in [0.2, 0.25) is 5.91 Å². The number of ether oxygens (including phenoxy) is 1. The molecule has 0 aromatic heterocycles. The van der Waals surface area contributed by atoms with Gasteiger partial charge in [-0.05, 0) is 49.4 Å². The molecule has 0 aliphatic rings. The SMILES string of the molecule is CCC(=O)NCCc1cc(C)c(OC)c(C)c1C. The molecular weight excluding hydrogens is 226 g/mol. The Kier molecular flexibility index (Phi) is 5.20. The van der Waals surface area contributed by atoms with E-state index in [0.717, 1.165) is 17.7 Å². The molecule has 3 nitrogen and oxygen atoms in total. The number of carbonyl (C=O) groups excluding carboxylic acids is 1. The van der Waals surface area contributed by atoms with E-state index in [4.69, 9.17) is 4.74 Å². The Morgan fingerprint density at radius 2 is 1.94 bits per heavy atom. The van der Waals surface area contributed by atoms with E-state index in [1.807, 2.05) is 6.92 Å². The van der Waals surface area contributed by atoms with Crippen molar-refractivity contribution in [3.8, 4) is 5.75 Å². The van der Waals surface area contributed by atoms with Gasteiger partial charge in [-0.1, -0.05) is 13.0 Å². The fraction of sp³-hybridized carbons (Fsp3) is 0.533. The van der Waals surface area contributed by atoms with Crippen LogP contribution in [0.5, 0.6) is 5.75 Å². The fourth-order valence-electron chi connectivity index (χ4n) is 2.18. The highest BCUT2D eigenvalue weighted by atomic mass is 16.5. The van der Waals surface area contributed by atoms with Gasteiger partial charge in [0, 0.05) is 13.0 Å². The van der Waals surface area contributed by atoms with Crippen LogP contribution in [0.4, 0.5) is 0 Å². The molecule has 1 aromatic rings. The molecule has 0 fully saturated rings. The molecule has 0 saturated heterocycles. The molecule has 1 aromatic carbocycles. The first-order valence-electron chi connectivity index (χ1n) is 6.41. The summed E-state index contributed by atoms with van der Waals surface area (Å²) in [5, 5.41) is 2.91. The number of hydrogen-bond donors (Lipinski definition) is 1. The normalized spacial score (nSPS) is 10.3.